The van der Waals surface area contributed by atoms with Crippen LogP contribution >= 0.6 is 0 Å². The second kappa shape index (κ2) is 16.7. The van der Waals surface area contributed by atoms with Crippen molar-refractivity contribution in [3.63, 3.8) is 0 Å². The first-order valence-corrected chi connectivity index (χ1v) is 24.2. The van der Waals surface area contributed by atoms with Crippen molar-refractivity contribution < 1.29 is 9.10 Å². The van der Waals surface area contributed by atoms with Gasteiger partial charge in [-0.05, 0) is 121 Å². The Balaban J connectivity index is 1.23. The Hall–Kier alpha value is -8.41. The maximum atomic E-state index is 6.73. The fourth-order valence-electron chi connectivity index (χ4n) is 10.0. The van der Waals surface area contributed by atoms with Gasteiger partial charge in [-0.15, -0.1) is 0 Å². The van der Waals surface area contributed by atoms with Gasteiger partial charge in [-0.3, -0.25) is 0 Å². The van der Waals surface area contributed by atoms with Gasteiger partial charge in [-0.1, -0.05) is 203 Å². The molecule has 0 spiro atoms. The quantitative estimate of drug-likeness (QED) is 0.150. The SMILES string of the molecule is CC(C)(C)c1ccc(-c2cc(-c3nc(-c4ccccc4)nc4c5ccccc5o[n+]34)cc(-c3ccc(C(C)(C)C)cc3)c2-n2c3ccc(-c4ccccc4)cc3c3cc(-c4ccccc4)ccc32)cc1. The highest BCUT2D eigenvalue weighted by molar-refractivity contribution is 6.13. The standard InChI is InChI=1S/C65H53N4O/c1-64(2,3)50-32-26-44(27-33-50)53-40-49(62-66-61(46-22-14-9-15-23-46)67-63-52-24-16-17-25-59(52)70-69(62)63)41-54(45-28-34-51(35-29-45)65(4,5)6)60(53)68-57-36-30-47(42-18-10-7-11-19-42)38-55(57)56-39-48(31-37-58(56)68)43-20-12-8-13-21-43/h7-41H,1-6H3/q+1. The van der Waals surface area contributed by atoms with Crippen molar-refractivity contribution in [2.24, 2.45) is 0 Å². The molecule has 5 heteroatoms. The minimum Gasteiger partial charge on any atom is -0.316 e. The molecule has 70 heavy (non-hydrogen) atoms. The van der Waals surface area contributed by atoms with Crippen molar-refractivity contribution >= 4 is 38.4 Å². The summed E-state index contributed by atoms with van der Waals surface area (Å²) in [6, 6.07) is 76.7. The number of rotatable bonds is 7. The summed E-state index contributed by atoms with van der Waals surface area (Å²) in [5.74, 6) is 1.29. The molecule has 12 rings (SSSR count). The van der Waals surface area contributed by atoms with Gasteiger partial charge in [0.2, 0.25) is 0 Å². The van der Waals surface area contributed by atoms with Crippen LogP contribution in [0, 0.1) is 0 Å². The van der Waals surface area contributed by atoms with Crippen LogP contribution in [-0.2, 0) is 10.8 Å². The highest BCUT2D eigenvalue weighted by Crippen LogP contribution is 2.46. The smallest absolute Gasteiger partial charge is 0.316 e. The summed E-state index contributed by atoms with van der Waals surface area (Å²) in [6.45, 7) is 13.6. The zero-order chi connectivity index (χ0) is 47.7. The zero-order valence-electron chi connectivity index (χ0n) is 40.4. The Morgan fingerprint density at radius 1 is 0.386 bits per heavy atom. The van der Waals surface area contributed by atoms with Crippen LogP contribution in [0.25, 0.3) is 111 Å². The van der Waals surface area contributed by atoms with Gasteiger partial charge in [-0.25, -0.2) is 0 Å². The number of hydrogen-bond donors (Lipinski definition) is 0. The predicted octanol–water partition coefficient (Wildman–Crippen LogP) is 16.7. The molecule has 0 atom stereocenters. The molecule has 0 aliphatic carbocycles. The van der Waals surface area contributed by atoms with Gasteiger partial charge in [0.1, 0.15) is 5.39 Å². The van der Waals surface area contributed by atoms with E-state index < -0.39 is 0 Å². The van der Waals surface area contributed by atoms with E-state index in [2.05, 4.69) is 222 Å². The van der Waals surface area contributed by atoms with Crippen molar-refractivity contribution in [2.75, 3.05) is 0 Å². The van der Waals surface area contributed by atoms with Gasteiger partial charge in [0.25, 0.3) is 0 Å². The second-order valence-electron chi connectivity index (χ2n) is 20.5. The van der Waals surface area contributed by atoms with E-state index in [1.165, 1.54) is 44.2 Å². The Morgan fingerprint density at radius 3 is 1.31 bits per heavy atom. The monoisotopic (exact) mass is 905 g/mol. The molecule has 0 amide bonds. The predicted molar refractivity (Wildman–Crippen MR) is 289 cm³/mol. The van der Waals surface area contributed by atoms with Gasteiger partial charge in [0, 0.05) is 21.9 Å². The van der Waals surface area contributed by atoms with Crippen LogP contribution < -0.4 is 4.57 Å². The van der Waals surface area contributed by atoms with Gasteiger partial charge >= 0.3 is 17.3 Å². The first-order valence-electron chi connectivity index (χ1n) is 24.2. The Labute approximate surface area is 409 Å². The van der Waals surface area contributed by atoms with E-state index in [9.17, 15) is 0 Å². The van der Waals surface area contributed by atoms with E-state index in [1.807, 2.05) is 41.0 Å². The molecule has 0 radical (unpaired) electrons. The van der Waals surface area contributed by atoms with Crippen LogP contribution in [-0.4, -0.2) is 14.5 Å². The van der Waals surface area contributed by atoms with Crippen molar-refractivity contribution in [3.8, 4) is 73.0 Å². The van der Waals surface area contributed by atoms with Crippen LogP contribution in [0.2, 0.25) is 0 Å². The summed E-state index contributed by atoms with van der Waals surface area (Å²) < 4.78 is 11.1. The van der Waals surface area contributed by atoms with Crippen LogP contribution in [0.3, 0.4) is 0 Å². The van der Waals surface area contributed by atoms with E-state index >= 15 is 0 Å². The van der Waals surface area contributed by atoms with Crippen molar-refractivity contribution in [2.45, 2.75) is 52.4 Å². The molecule has 0 aliphatic heterocycles. The molecule has 0 aliphatic rings. The third-order valence-corrected chi connectivity index (χ3v) is 13.9. The van der Waals surface area contributed by atoms with E-state index in [0.717, 1.165) is 61.1 Å². The average molecular weight is 906 g/mol. The van der Waals surface area contributed by atoms with Crippen LogP contribution in [0.15, 0.2) is 217 Å². The number of aromatic nitrogens is 4. The Morgan fingerprint density at radius 2 is 0.829 bits per heavy atom. The zero-order valence-corrected chi connectivity index (χ0v) is 40.4. The maximum Gasteiger partial charge on any atom is 0.316 e. The summed E-state index contributed by atoms with van der Waals surface area (Å²) in [5, 5.41) is 3.29. The lowest BCUT2D eigenvalue weighted by molar-refractivity contribution is -0.706. The molecule has 338 valence electrons. The first kappa shape index (κ1) is 42.9. The number of fused-ring (bicyclic) bond motifs is 6. The van der Waals surface area contributed by atoms with Crippen LogP contribution in [0.5, 0.6) is 0 Å². The van der Waals surface area contributed by atoms with Crippen LogP contribution in [0.1, 0.15) is 52.7 Å². The van der Waals surface area contributed by atoms with E-state index in [1.54, 1.807) is 0 Å². The molecule has 12 aromatic rings. The van der Waals surface area contributed by atoms with Crippen molar-refractivity contribution in [3.05, 3.63) is 223 Å². The maximum absolute atomic E-state index is 6.73. The summed E-state index contributed by atoms with van der Waals surface area (Å²) >= 11 is 0. The lowest BCUT2D eigenvalue weighted by Gasteiger charge is -2.23. The van der Waals surface area contributed by atoms with Crippen LogP contribution in [0.4, 0.5) is 0 Å². The highest BCUT2D eigenvalue weighted by atomic mass is 16.5. The molecule has 0 fully saturated rings. The number of para-hydroxylation sites is 1. The van der Waals surface area contributed by atoms with Crippen molar-refractivity contribution in [1.29, 1.82) is 0 Å². The second-order valence-corrected chi connectivity index (χ2v) is 20.5. The molecule has 5 nitrogen and oxygen atoms in total. The lowest BCUT2D eigenvalue weighted by atomic mass is 9.84. The molecular formula is C65H53N4O+. The fourth-order valence-corrected chi connectivity index (χ4v) is 10.0. The largest absolute Gasteiger partial charge is 0.316 e. The van der Waals surface area contributed by atoms with Crippen molar-refractivity contribution in [1.82, 2.24) is 14.5 Å². The first-order chi connectivity index (χ1) is 34.0. The Kier molecular flexibility index (Phi) is 10.2. The summed E-state index contributed by atoms with van der Waals surface area (Å²) in [4.78, 5) is 10.6. The van der Waals surface area contributed by atoms with Gasteiger partial charge in [-0.2, -0.15) is 0 Å². The normalized spacial score (nSPS) is 12.1. The highest BCUT2D eigenvalue weighted by Gasteiger charge is 2.30. The third-order valence-electron chi connectivity index (χ3n) is 13.9. The van der Waals surface area contributed by atoms with Gasteiger partial charge in [0.15, 0.2) is 5.58 Å². The minimum atomic E-state index is -0.0265. The minimum absolute atomic E-state index is 0.0265. The summed E-state index contributed by atoms with van der Waals surface area (Å²) in [5.41, 5.74) is 18.1. The number of benzene rings is 9. The molecule has 3 aromatic heterocycles. The molecule has 9 aromatic carbocycles. The number of hydrogen-bond acceptors (Lipinski definition) is 3. The molecule has 3 heterocycles. The number of nitrogens with zero attached hydrogens (tertiary/aromatic N) is 4. The third kappa shape index (κ3) is 7.55. The lowest BCUT2D eigenvalue weighted by Crippen LogP contribution is -2.25. The topological polar surface area (TPSA) is 48.0 Å². The summed E-state index contributed by atoms with van der Waals surface area (Å²) in [6.07, 6.45) is 0. The fraction of sp³-hybridized carbons (Fsp3) is 0.123. The molecular weight excluding hydrogens is 853 g/mol. The molecule has 0 saturated carbocycles. The summed E-state index contributed by atoms with van der Waals surface area (Å²) in [7, 11) is 0. The van der Waals surface area contributed by atoms with Gasteiger partial charge < -0.3 is 9.09 Å². The van der Waals surface area contributed by atoms with E-state index in [-0.39, 0.29) is 10.8 Å². The van der Waals surface area contributed by atoms with E-state index in [0.29, 0.717) is 17.3 Å². The average Bonchev–Trinajstić information content (AvgIpc) is 3.93. The molecule has 0 bridgehead atoms. The Bertz CT molecular complexity index is 3740. The van der Waals surface area contributed by atoms with Gasteiger partial charge in [0.05, 0.1) is 27.8 Å². The molecule has 0 unspecified atom stereocenters. The van der Waals surface area contributed by atoms with E-state index in [4.69, 9.17) is 14.5 Å². The molecule has 0 saturated heterocycles. The molecule has 0 N–H and O–H groups in total.